The molecule has 4 nitrogen and oxygen atoms in total. The number of nitrogens with zero attached hydrogens (tertiary/aromatic N) is 4. The summed E-state index contributed by atoms with van der Waals surface area (Å²) in [5.74, 6) is 1.76. The first-order valence-corrected chi connectivity index (χ1v) is 10.3. The van der Waals surface area contributed by atoms with E-state index in [1.165, 1.54) is 0 Å². The molecule has 0 bridgehead atoms. The Morgan fingerprint density at radius 3 is 1.93 bits per heavy atom. The quantitative estimate of drug-likeness (QED) is 0.350. The monoisotopic (exact) mass is 575 g/mol. The van der Waals surface area contributed by atoms with E-state index in [0.29, 0.717) is 0 Å². The largest absolute Gasteiger partial charge is 0.477 e. The molecular weight excluding hydrogens is 549 g/mol. The maximum absolute atomic E-state index is 5.25. The molecule has 0 saturated carbocycles. The van der Waals surface area contributed by atoms with Gasteiger partial charge in [-0.05, 0) is 25.0 Å². The van der Waals surface area contributed by atoms with Crippen LogP contribution >= 0.6 is 0 Å². The van der Waals surface area contributed by atoms with Gasteiger partial charge in [-0.1, -0.05) is 45.9 Å². The van der Waals surface area contributed by atoms with Gasteiger partial charge in [0, 0.05) is 36.6 Å². The summed E-state index contributed by atoms with van der Waals surface area (Å²) in [5.41, 5.74) is 4.32. The molecule has 30 heavy (non-hydrogen) atoms. The molecule has 2 aliphatic rings. The zero-order valence-electron chi connectivity index (χ0n) is 17.8. The maximum Gasteiger partial charge on any atom is 0.146 e. The van der Waals surface area contributed by atoms with Gasteiger partial charge in [-0.2, -0.15) is 30.3 Å². The Balaban J connectivity index is 0.00000218. The van der Waals surface area contributed by atoms with Gasteiger partial charge in [0.25, 0.3) is 0 Å². The van der Waals surface area contributed by atoms with Gasteiger partial charge in [0.2, 0.25) is 0 Å². The molecule has 5 rings (SSSR count). The van der Waals surface area contributed by atoms with Gasteiger partial charge in [0.1, 0.15) is 11.6 Å². The molecule has 3 aromatic rings. The zero-order valence-corrected chi connectivity index (χ0v) is 20.2. The van der Waals surface area contributed by atoms with Crippen molar-refractivity contribution in [1.82, 2.24) is 9.97 Å². The minimum Gasteiger partial charge on any atom is -0.477 e. The van der Waals surface area contributed by atoms with Crippen LogP contribution < -0.4 is 9.80 Å². The van der Waals surface area contributed by atoms with E-state index in [2.05, 4.69) is 80.6 Å². The number of anilines is 4. The summed E-state index contributed by atoms with van der Waals surface area (Å²) >= 11 is 0. The number of benzene rings is 2. The second-order valence-electron chi connectivity index (χ2n) is 9.27. The number of aromatic nitrogens is 2. The molecule has 0 amide bonds. The first-order valence-electron chi connectivity index (χ1n) is 10.3. The van der Waals surface area contributed by atoms with Crippen molar-refractivity contribution in [3.05, 3.63) is 78.7 Å². The van der Waals surface area contributed by atoms with Gasteiger partial charge in [-0.15, -0.1) is 12.4 Å². The van der Waals surface area contributed by atoms with Crippen molar-refractivity contribution in [2.75, 3.05) is 9.80 Å². The fourth-order valence-corrected chi connectivity index (χ4v) is 4.26. The summed E-state index contributed by atoms with van der Waals surface area (Å²) in [7, 11) is 0. The van der Waals surface area contributed by atoms with Crippen LogP contribution in [0.4, 0.5) is 23.0 Å². The normalized spacial score (nSPS) is 18.4. The number of para-hydroxylation sites is 2. The van der Waals surface area contributed by atoms with E-state index in [1.807, 2.05) is 24.3 Å². The molecule has 157 valence electrons. The average molecular weight is 575 g/mol. The summed E-state index contributed by atoms with van der Waals surface area (Å²) in [4.78, 5) is 14.7. The smallest absolute Gasteiger partial charge is 0.146 e. The van der Waals surface area contributed by atoms with Gasteiger partial charge < -0.3 is 9.80 Å². The van der Waals surface area contributed by atoms with E-state index in [0.717, 1.165) is 47.2 Å². The average Bonchev–Trinajstić information content (AvgIpc) is 3.11. The second kappa shape index (κ2) is 7.47. The summed E-state index contributed by atoms with van der Waals surface area (Å²) < 4.78 is 0. The zero-order chi connectivity index (χ0) is 20.2. The van der Waals surface area contributed by atoms with Crippen molar-refractivity contribution in [1.29, 1.82) is 0 Å². The second-order valence-corrected chi connectivity index (χ2v) is 9.27. The van der Waals surface area contributed by atoms with Gasteiger partial charge >= 0.3 is 0 Å². The van der Waals surface area contributed by atoms with E-state index in [1.54, 1.807) is 0 Å². The molecule has 1 aliphatic heterocycles. The molecule has 5 heteroatoms. The summed E-state index contributed by atoms with van der Waals surface area (Å²) in [6.07, 6.45) is 2.23. The number of hydrogen-bond acceptors (Lipinski definition) is 4. The van der Waals surface area contributed by atoms with Crippen LogP contribution in [0.1, 0.15) is 51.9 Å². The van der Waals surface area contributed by atoms with Crippen LogP contribution in [-0.2, 0) is 30.9 Å². The Kier molecular flexibility index (Phi) is 5.24. The molecule has 1 radical (unpaired) electrons. The van der Waals surface area contributed by atoms with Crippen LogP contribution in [0.3, 0.4) is 0 Å². The van der Waals surface area contributed by atoms with E-state index in [9.17, 15) is 0 Å². The molecule has 2 aromatic carbocycles. The van der Waals surface area contributed by atoms with Crippen LogP contribution in [0.15, 0.2) is 54.6 Å². The maximum atomic E-state index is 5.25. The molecule has 0 N–H and O–H groups in total. The van der Waals surface area contributed by atoms with Crippen LogP contribution in [0, 0.1) is 12.7 Å². The van der Waals surface area contributed by atoms with E-state index < -0.39 is 0 Å². The van der Waals surface area contributed by atoms with Gasteiger partial charge in [0.05, 0.1) is 11.4 Å². The van der Waals surface area contributed by atoms with Crippen LogP contribution in [0.5, 0.6) is 0 Å². The molecule has 0 atom stereocenters. The molecule has 0 fully saturated rings. The van der Waals surface area contributed by atoms with Crippen LogP contribution in [-0.4, -0.2) is 9.97 Å². The Labute approximate surface area is 192 Å². The molecular formula is C25H26IrN4-2. The summed E-state index contributed by atoms with van der Waals surface area (Å²) in [6, 6.07) is 21.7. The molecule has 2 heterocycles. The minimum atomic E-state index is 0. The Morgan fingerprint density at radius 2 is 1.37 bits per heavy atom. The third-order valence-corrected chi connectivity index (χ3v) is 6.19. The van der Waals surface area contributed by atoms with Gasteiger partial charge in [0.15, 0.2) is 0 Å². The fourth-order valence-electron chi connectivity index (χ4n) is 4.26. The molecule has 1 aromatic heterocycles. The predicted molar refractivity (Wildman–Crippen MR) is 118 cm³/mol. The number of hydrogen-bond donors (Lipinski definition) is 0. The molecule has 0 saturated heterocycles. The molecule has 0 spiro atoms. The minimum absolute atomic E-state index is 0. The summed E-state index contributed by atoms with van der Waals surface area (Å²) in [5, 5.41) is 0. The topological polar surface area (TPSA) is 32.3 Å². The van der Waals surface area contributed by atoms with Crippen molar-refractivity contribution in [3.8, 4) is 0 Å². The van der Waals surface area contributed by atoms with Crippen molar-refractivity contribution >= 4 is 23.0 Å². The number of rotatable bonds is 2. The predicted octanol–water partition coefficient (Wildman–Crippen LogP) is 6.03. The van der Waals surface area contributed by atoms with Gasteiger partial charge in [-0.25, -0.2) is 9.97 Å². The molecule has 1 aliphatic carbocycles. The van der Waals surface area contributed by atoms with E-state index in [4.69, 9.17) is 9.97 Å². The van der Waals surface area contributed by atoms with E-state index in [-0.39, 0.29) is 30.9 Å². The fraction of sp³-hybridized carbons (Fsp3) is 0.320. The third-order valence-electron chi connectivity index (χ3n) is 6.19. The first-order chi connectivity index (χ1) is 13.9. The van der Waals surface area contributed by atoms with Crippen LogP contribution in [0.2, 0.25) is 0 Å². The van der Waals surface area contributed by atoms with Crippen molar-refractivity contribution in [2.24, 2.45) is 0 Å². The third kappa shape index (κ3) is 3.34. The van der Waals surface area contributed by atoms with E-state index >= 15 is 0 Å². The Hall–Kier alpha value is -2.23. The Bertz CT molecular complexity index is 963. The first kappa shape index (κ1) is 21.0. The molecule has 0 unspecified atom stereocenters. The van der Waals surface area contributed by atoms with Crippen LogP contribution in [0.25, 0.3) is 0 Å². The Morgan fingerprint density at radius 1 is 0.800 bits per heavy atom. The van der Waals surface area contributed by atoms with Crippen molar-refractivity contribution < 1.29 is 20.1 Å². The standard InChI is InChI=1S/C25H26N4.Ir/c1-24(2)15-16-25(3,4)21-20(24)26-22-23(27-21)29(19-13-9-6-10-14-19)17-28(22)18-11-7-5-8-12-18;/h5-13,17H,15-16H2,1-4H3;/q-2;. The van der Waals surface area contributed by atoms with Crippen molar-refractivity contribution in [2.45, 2.75) is 51.4 Å². The summed E-state index contributed by atoms with van der Waals surface area (Å²) in [6.45, 7) is 11.2. The number of fused-ring (bicyclic) bond motifs is 2. The SMILES string of the molecule is CC1(C)CCC(C)(C)c2nc3c(nc21)N(c1[c-]cccc1)[CH-]N3c1ccccc1.[Ir]. The van der Waals surface area contributed by atoms with Gasteiger partial charge in [-0.3, -0.25) is 0 Å². The van der Waals surface area contributed by atoms with Crippen molar-refractivity contribution in [3.63, 3.8) is 0 Å².